The summed E-state index contributed by atoms with van der Waals surface area (Å²) in [5.74, 6) is -0.0601. The molecule has 2 aromatic rings. The fourth-order valence-corrected chi connectivity index (χ4v) is 3.56. The Hall–Kier alpha value is -1.52. The van der Waals surface area contributed by atoms with E-state index in [0.29, 0.717) is 5.75 Å². The Balaban J connectivity index is 2.15. The zero-order chi connectivity index (χ0) is 15.2. The van der Waals surface area contributed by atoms with E-state index in [2.05, 4.69) is 24.4 Å². The van der Waals surface area contributed by atoms with Crippen molar-refractivity contribution < 1.29 is 8.60 Å². The van der Waals surface area contributed by atoms with E-state index in [1.807, 2.05) is 19.2 Å². The fraction of sp³-hybridized carbons (Fsp3) is 0.294. The highest BCUT2D eigenvalue weighted by molar-refractivity contribution is 7.85. The number of hydrogen-bond donors (Lipinski definition) is 1. The first-order chi connectivity index (χ1) is 10.2. The third-order valence-corrected chi connectivity index (χ3v) is 5.00. The molecule has 0 aliphatic carbocycles. The molecule has 0 spiro atoms. The van der Waals surface area contributed by atoms with Gasteiger partial charge >= 0.3 is 0 Å². The molecule has 0 saturated heterocycles. The molecule has 2 unspecified atom stereocenters. The second-order valence-electron chi connectivity index (χ2n) is 4.88. The van der Waals surface area contributed by atoms with E-state index in [1.165, 1.54) is 11.6 Å². The first kappa shape index (κ1) is 15.9. The maximum absolute atomic E-state index is 13.7. The largest absolute Gasteiger partial charge is 0.312 e. The van der Waals surface area contributed by atoms with Gasteiger partial charge in [-0.15, -0.1) is 0 Å². The molecule has 0 aromatic heterocycles. The molecule has 2 nitrogen and oxygen atoms in total. The maximum Gasteiger partial charge on any atom is 0.139 e. The molecule has 2 atom stereocenters. The molecule has 2 rings (SSSR count). The van der Waals surface area contributed by atoms with Crippen LogP contribution in [-0.2, 0) is 17.2 Å². The van der Waals surface area contributed by atoms with Gasteiger partial charge in [0.05, 0.1) is 15.7 Å². The Morgan fingerprint density at radius 3 is 2.38 bits per heavy atom. The van der Waals surface area contributed by atoms with Gasteiger partial charge in [-0.25, -0.2) is 4.39 Å². The van der Waals surface area contributed by atoms with Crippen LogP contribution in [0.2, 0.25) is 0 Å². The van der Waals surface area contributed by atoms with Gasteiger partial charge in [0, 0.05) is 11.8 Å². The van der Waals surface area contributed by atoms with Crippen molar-refractivity contribution in [3.05, 3.63) is 65.5 Å². The Bertz CT molecular complexity index is 612. The lowest BCUT2D eigenvalue weighted by Gasteiger charge is -2.17. The summed E-state index contributed by atoms with van der Waals surface area (Å²) in [5, 5.41) is 3.16. The lowest BCUT2D eigenvalue weighted by Crippen LogP contribution is -2.23. The summed E-state index contributed by atoms with van der Waals surface area (Å²) < 4.78 is 26.0. The zero-order valence-electron chi connectivity index (χ0n) is 12.3. The molecule has 112 valence electrons. The predicted molar refractivity (Wildman–Crippen MR) is 85.3 cm³/mol. The molecule has 4 heteroatoms. The van der Waals surface area contributed by atoms with Crippen LogP contribution >= 0.6 is 0 Å². The van der Waals surface area contributed by atoms with Gasteiger partial charge in [-0.1, -0.05) is 43.3 Å². The molecule has 0 aliphatic rings. The number of halogens is 1. The van der Waals surface area contributed by atoms with Crippen molar-refractivity contribution in [2.45, 2.75) is 24.3 Å². The summed E-state index contributed by atoms with van der Waals surface area (Å²) in [4.78, 5) is 0.267. The fourth-order valence-electron chi connectivity index (χ4n) is 2.20. The highest BCUT2D eigenvalue weighted by Gasteiger charge is 2.16. The van der Waals surface area contributed by atoms with Crippen molar-refractivity contribution in [2.24, 2.45) is 0 Å². The second kappa shape index (κ2) is 7.48. The highest BCUT2D eigenvalue weighted by atomic mass is 32.2. The molecule has 0 radical (unpaired) electrons. The molecular formula is C17H20FNOS. The summed E-state index contributed by atoms with van der Waals surface area (Å²) >= 11 is 0. The van der Waals surface area contributed by atoms with E-state index in [1.54, 1.807) is 18.2 Å². The number of nitrogens with one attached hydrogen (secondary N) is 1. The van der Waals surface area contributed by atoms with E-state index in [0.717, 1.165) is 12.0 Å². The van der Waals surface area contributed by atoms with Gasteiger partial charge in [0.25, 0.3) is 0 Å². The Kier molecular flexibility index (Phi) is 5.65. The van der Waals surface area contributed by atoms with Gasteiger partial charge < -0.3 is 5.32 Å². The lowest BCUT2D eigenvalue weighted by atomic mass is 10.1. The SMILES string of the molecule is CCc1ccc(C(CS(=O)c2ccccc2F)NC)cc1. The van der Waals surface area contributed by atoms with E-state index >= 15 is 0 Å². The molecular weight excluding hydrogens is 285 g/mol. The molecule has 0 amide bonds. The summed E-state index contributed by atoms with van der Waals surface area (Å²) in [6, 6.07) is 14.4. The van der Waals surface area contributed by atoms with Gasteiger partial charge in [-0.05, 0) is 36.7 Å². The standard InChI is InChI=1S/C17H20FNOS/c1-3-13-8-10-14(11-9-13)16(19-2)12-21(20)17-7-5-4-6-15(17)18/h4-11,16,19H,3,12H2,1-2H3. The third-order valence-electron chi connectivity index (χ3n) is 3.54. The molecule has 2 aromatic carbocycles. The highest BCUT2D eigenvalue weighted by Crippen LogP contribution is 2.19. The summed E-state index contributed by atoms with van der Waals surface area (Å²) in [7, 11) is 0.460. The molecule has 0 heterocycles. The Labute approximate surface area is 127 Å². The van der Waals surface area contributed by atoms with E-state index in [-0.39, 0.29) is 10.9 Å². The van der Waals surface area contributed by atoms with Crippen molar-refractivity contribution in [2.75, 3.05) is 12.8 Å². The van der Waals surface area contributed by atoms with Gasteiger partial charge in [0.15, 0.2) is 0 Å². The van der Waals surface area contributed by atoms with Crippen LogP contribution in [0.15, 0.2) is 53.4 Å². The van der Waals surface area contributed by atoms with Gasteiger partial charge in [-0.2, -0.15) is 0 Å². The van der Waals surface area contributed by atoms with Crippen LogP contribution in [0.5, 0.6) is 0 Å². The predicted octanol–water partition coefficient (Wildman–Crippen LogP) is 3.46. The van der Waals surface area contributed by atoms with Crippen molar-refractivity contribution in [1.82, 2.24) is 5.32 Å². The van der Waals surface area contributed by atoms with E-state index in [4.69, 9.17) is 0 Å². The Morgan fingerprint density at radius 2 is 1.81 bits per heavy atom. The van der Waals surface area contributed by atoms with Crippen LogP contribution < -0.4 is 5.32 Å². The van der Waals surface area contributed by atoms with Crippen molar-refractivity contribution in [1.29, 1.82) is 0 Å². The minimum absolute atomic E-state index is 0.0589. The molecule has 1 N–H and O–H groups in total. The number of benzene rings is 2. The summed E-state index contributed by atoms with van der Waals surface area (Å²) in [5.41, 5.74) is 2.34. The maximum atomic E-state index is 13.7. The molecule has 0 aliphatic heterocycles. The second-order valence-corrected chi connectivity index (χ2v) is 6.34. The molecule has 0 saturated carbocycles. The zero-order valence-corrected chi connectivity index (χ0v) is 13.1. The van der Waals surface area contributed by atoms with Gasteiger partial charge in [0.2, 0.25) is 0 Å². The number of aryl methyl sites for hydroxylation is 1. The molecule has 0 fully saturated rings. The number of rotatable bonds is 6. The van der Waals surface area contributed by atoms with E-state index in [9.17, 15) is 8.60 Å². The third kappa shape index (κ3) is 3.99. The Morgan fingerprint density at radius 1 is 1.14 bits per heavy atom. The molecule has 21 heavy (non-hydrogen) atoms. The van der Waals surface area contributed by atoms with Crippen LogP contribution in [0.3, 0.4) is 0 Å². The monoisotopic (exact) mass is 305 g/mol. The van der Waals surface area contributed by atoms with Crippen molar-refractivity contribution in [3.8, 4) is 0 Å². The van der Waals surface area contributed by atoms with E-state index < -0.39 is 16.6 Å². The van der Waals surface area contributed by atoms with Crippen LogP contribution in [0.4, 0.5) is 4.39 Å². The van der Waals surface area contributed by atoms with Crippen LogP contribution in [0, 0.1) is 5.82 Å². The first-order valence-electron chi connectivity index (χ1n) is 7.04. The average molecular weight is 305 g/mol. The first-order valence-corrected chi connectivity index (χ1v) is 8.36. The van der Waals surface area contributed by atoms with Gasteiger partial charge in [-0.3, -0.25) is 4.21 Å². The minimum Gasteiger partial charge on any atom is -0.312 e. The quantitative estimate of drug-likeness (QED) is 0.885. The normalized spacial score (nSPS) is 13.9. The van der Waals surface area contributed by atoms with Crippen LogP contribution in [0.25, 0.3) is 0 Å². The van der Waals surface area contributed by atoms with Crippen LogP contribution in [0.1, 0.15) is 24.1 Å². The number of hydrogen-bond acceptors (Lipinski definition) is 2. The van der Waals surface area contributed by atoms with Crippen LogP contribution in [-0.4, -0.2) is 17.0 Å². The summed E-state index contributed by atoms with van der Waals surface area (Å²) in [6.45, 7) is 2.11. The minimum atomic E-state index is -1.37. The molecule has 0 bridgehead atoms. The summed E-state index contributed by atoms with van der Waals surface area (Å²) in [6.07, 6.45) is 0.992. The van der Waals surface area contributed by atoms with Gasteiger partial charge in [0.1, 0.15) is 5.82 Å². The van der Waals surface area contributed by atoms with Crippen molar-refractivity contribution >= 4 is 10.8 Å². The lowest BCUT2D eigenvalue weighted by molar-refractivity contribution is 0.590. The van der Waals surface area contributed by atoms with Crippen molar-refractivity contribution in [3.63, 3.8) is 0 Å². The average Bonchev–Trinajstić information content (AvgIpc) is 2.53. The smallest absolute Gasteiger partial charge is 0.139 e. The topological polar surface area (TPSA) is 29.1 Å².